The van der Waals surface area contributed by atoms with Crippen molar-refractivity contribution in [2.45, 2.75) is 13.8 Å². The topological polar surface area (TPSA) is 45.8 Å². The number of amidine groups is 1. The monoisotopic (exact) mass is 326 g/mol. The first-order chi connectivity index (χ1) is 11.2. The molecule has 0 aliphatic carbocycles. The number of hydrogen-bond acceptors (Lipinski definition) is 4. The first-order valence-corrected chi connectivity index (χ1v) is 8.45. The lowest BCUT2D eigenvalue weighted by Crippen LogP contribution is -2.28. The lowest BCUT2D eigenvalue weighted by molar-refractivity contribution is -0.122. The summed E-state index contributed by atoms with van der Waals surface area (Å²) >= 11 is 1.40. The smallest absolute Gasteiger partial charge is 0.266 e. The van der Waals surface area contributed by atoms with Gasteiger partial charge in [-0.05, 0) is 37.7 Å². The molecular formula is C18H18N2O2S. The highest BCUT2D eigenvalue weighted by Crippen LogP contribution is 2.33. The van der Waals surface area contributed by atoms with Gasteiger partial charge in [-0.3, -0.25) is 14.7 Å². The highest BCUT2D eigenvalue weighted by molar-refractivity contribution is 8.18. The molecule has 1 aliphatic heterocycles. The van der Waals surface area contributed by atoms with E-state index in [1.54, 1.807) is 11.0 Å². The van der Waals surface area contributed by atoms with E-state index in [1.807, 2.05) is 56.3 Å². The molecule has 0 atom stereocenters. The van der Waals surface area contributed by atoms with Crippen molar-refractivity contribution in [2.75, 3.05) is 13.1 Å². The van der Waals surface area contributed by atoms with E-state index in [1.165, 1.54) is 11.8 Å². The van der Waals surface area contributed by atoms with E-state index in [0.29, 0.717) is 23.8 Å². The van der Waals surface area contributed by atoms with Crippen LogP contribution < -0.4 is 0 Å². The number of hydrogen-bond donors (Lipinski definition) is 0. The van der Waals surface area contributed by atoms with Crippen molar-refractivity contribution in [3.05, 3.63) is 53.1 Å². The summed E-state index contributed by atoms with van der Waals surface area (Å²) in [5.41, 5.74) is 1.02. The standard InChI is InChI=1S/C18H18N2O2S/c1-3-19-18-20(4-2)17(21)16(23-18)12-14-10-11-15(22-14)13-8-6-5-7-9-13/h5-12H,3-4H2,1-2H3/b16-12+,19-18?. The third kappa shape index (κ3) is 3.24. The van der Waals surface area contributed by atoms with Gasteiger partial charge in [0.25, 0.3) is 5.91 Å². The first kappa shape index (κ1) is 15.6. The zero-order valence-corrected chi connectivity index (χ0v) is 14.0. The van der Waals surface area contributed by atoms with Gasteiger partial charge in [-0.1, -0.05) is 30.3 Å². The van der Waals surface area contributed by atoms with Gasteiger partial charge < -0.3 is 4.42 Å². The Morgan fingerprint density at radius 2 is 1.96 bits per heavy atom. The molecule has 23 heavy (non-hydrogen) atoms. The number of benzene rings is 1. The number of aliphatic imine (C=N–C) groups is 1. The molecule has 0 bridgehead atoms. The molecule has 0 N–H and O–H groups in total. The number of furan rings is 1. The van der Waals surface area contributed by atoms with Crippen molar-refractivity contribution in [1.82, 2.24) is 4.90 Å². The van der Waals surface area contributed by atoms with Crippen LogP contribution in [-0.4, -0.2) is 29.1 Å². The normalized spacial score (nSPS) is 18.3. The Hall–Kier alpha value is -2.27. The minimum atomic E-state index is -0.0117. The Labute approximate surface area is 139 Å². The van der Waals surface area contributed by atoms with Gasteiger partial charge in [0.15, 0.2) is 5.17 Å². The molecule has 1 fully saturated rings. The van der Waals surface area contributed by atoms with Gasteiger partial charge in [-0.2, -0.15) is 0 Å². The van der Waals surface area contributed by atoms with Crippen LogP contribution in [0.3, 0.4) is 0 Å². The van der Waals surface area contributed by atoms with Gasteiger partial charge in [0.05, 0.1) is 4.91 Å². The molecule has 4 nitrogen and oxygen atoms in total. The van der Waals surface area contributed by atoms with Gasteiger partial charge in [0, 0.05) is 24.7 Å². The van der Waals surface area contributed by atoms with Gasteiger partial charge in [0.2, 0.25) is 0 Å². The Morgan fingerprint density at radius 3 is 2.65 bits per heavy atom. The molecular weight excluding hydrogens is 308 g/mol. The molecule has 1 amide bonds. The van der Waals surface area contributed by atoms with Crippen LogP contribution >= 0.6 is 11.8 Å². The molecule has 3 rings (SSSR count). The van der Waals surface area contributed by atoms with Crippen LogP contribution in [0.5, 0.6) is 0 Å². The van der Waals surface area contributed by atoms with Crippen LogP contribution in [0.4, 0.5) is 0 Å². The Bertz CT molecular complexity index is 762. The van der Waals surface area contributed by atoms with Crippen LogP contribution in [0.25, 0.3) is 17.4 Å². The molecule has 0 radical (unpaired) electrons. The molecule has 0 saturated carbocycles. The number of thioether (sulfide) groups is 1. The molecule has 0 unspecified atom stereocenters. The summed E-state index contributed by atoms with van der Waals surface area (Å²) in [7, 11) is 0. The van der Waals surface area contributed by atoms with Gasteiger partial charge >= 0.3 is 0 Å². The third-order valence-corrected chi connectivity index (χ3v) is 4.50. The van der Waals surface area contributed by atoms with Gasteiger partial charge in [-0.25, -0.2) is 0 Å². The summed E-state index contributed by atoms with van der Waals surface area (Å²) in [5, 5.41) is 0.765. The fraction of sp³-hybridized carbons (Fsp3) is 0.222. The molecule has 2 heterocycles. The number of amides is 1. The van der Waals surface area contributed by atoms with Crippen LogP contribution in [0.2, 0.25) is 0 Å². The summed E-state index contributed by atoms with van der Waals surface area (Å²) < 4.78 is 5.84. The molecule has 2 aromatic rings. The molecule has 1 aromatic heterocycles. The van der Waals surface area contributed by atoms with E-state index in [2.05, 4.69) is 4.99 Å². The Balaban J connectivity index is 1.87. The quantitative estimate of drug-likeness (QED) is 0.789. The zero-order chi connectivity index (χ0) is 16.2. The van der Waals surface area contributed by atoms with E-state index < -0.39 is 0 Å². The first-order valence-electron chi connectivity index (χ1n) is 7.64. The number of carbonyl (C=O) groups is 1. The van der Waals surface area contributed by atoms with E-state index in [4.69, 9.17) is 4.42 Å². The maximum absolute atomic E-state index is 12.4. The summed E-state index contributed by atoms with van der Waals surface area (Å²) in [5.74, 6) is 1.46. The van der Waals surface area contributed by atoms with E-state index in [-0.39, 0.29) is 5.91 Å². The molecule has 1 aromatic carbocycles. The number of carbonyl (C=O) groups excluding carboxylic acids is 1. The Morgan fingerprint density at radius 1 is 1.17 bits per heavy atom. The van der Waals surface area contributed by atoms with Gasteiger partial charge in [-0.15, -0.1) is 0 Å². The van der Waals surface area contributed by atoms with Crippen molar-refractivity contribution >= 4 is 28.9 Å². The average molecular weight is 326 g/mol. The minimum Gasteiger partial charge on any atom is -0.457 e. The minimum absolute atomic E-state index is 0.0117. The van der Waals surface area contributed by atoms with Crippen molar-refractivity contribution in [3.63, 3.8) is 0 Å². The van der Waals surface area contributed by atoms with E-state index in [9.17, 15) is 4.79 Å². The second kappa shape index (κ2) is 6.87. The summed E-state index contributed by atoms with van der Waals surface area (Å²) in [6.07, 6.45) is 1.79. The van der Waals surface area contributed by atoms with Crippen molar-refractivity contribution in [2.24, 2.45) is 4.99 Å². The maximum atomic E-state index is 12.4. The average Bonchev–Trinajstić information content (AvgIpc) is 3.15. The van der Waals surface area contributed by atoms with Crippen molar-refractivity contribution < 1.29 is 9.21 Å². The number of nitrogens with zero attached hydrogens (tertiary/aromatic N) is 2. The Kier molecular flexibility index (Phi) is 4.67. The summed E-state index contributed by atoms with van der Waals surface area (Å²) in [4.78, 5) is 19.1. The van der Waals surface area contributed by atoms with Crippen LogP contribution in [0.1, 0.15) is 19.6 Å². The lowest BCUT2D eigenvalue weighted by atomic mass is 10.2. The molecule has 5 heteroatoms. The predicted molar refractivity (Wildman–Crippen MR) is 95.1 cm³/mol. The third-order valence-electron chi connectivity index (χ3n) is 3.46. The fourth-order valence-electron chi connectivity index (χ4n) is 2.36. The van der Waals surface area contributed by atoms with Crippen LogP contribution in [-0.2, 0) is 4.79 Å². The van der Waals surface area contributed by atoms with E-state index >= 15 is 0 Å². The van der Waals surface area contributed by atoms with E-state index in [0.717, 1.165) is 16.5 Å². The lowest BCUT2D eigenvalue weighted by Gasteiger charge is -2.11. The second-order valence-corrected chi connectivity index (χ2v) is 5.99. The zero-order valence-electron chi connectivity index (χ0n) is 13.2. The molecule has 1 aliphatic rings. The number of rotatable bonds is 4. The summed E-state index contributed by atoms with van der Waals surface area (Å²) in [6.45, 7) is 5.20. The highest BCUT2D eigenvalue weighted by atomic mass is 32.2. The number of likely N-dealkylation sites (N-methyl/N-ethyl adjacent to an activating group) is 1. The predicted octanol–water partition coefficient (Wildman–Crippen LogP) is 4.26. The summed E-state index contributed by atoms with van der Waals surface area (Å²) in [6, 6.07) is 13.7. The molecule has 118 valence electrons. The maximum Gasteiger partial charge on any atom is 0.266 e. The van der Waals surface area contributed by atoms with Crippen molar-refractivity contribution in [3.8, 4) is 11.3 Å². The highest BCUT2D eigenvalue weighted by Gasteiger charge is 2.32. The fourth-order valence-corrected chi connectivity index (χ4v) is 3.44. The largest absolute Gasteiger partial charge is 0.457 e. The van der Waals surface area contributed by atoms with Gasteiger partial charge in [0.1, 0.15) is 11.5 Å². The SMILES string of the molecule is CCN=C1S/C(=C/c2ccc(-c3ccccc3)o2)C(=O)N1CC. The molecule has 0 spiro atoms. The van der Waals surface area contributed by atoms with Crippen LogP contribution in [0, 0.1) is 0 Å². The van der Waals surface area contributed by atoms with Crippen molar-refractivity contribution in [1.29, 1.82) is 0 Å². The van der Waals surface area contributed by atoms with Crippen LogP contribution in [0.15, 0.2) is 56.8 Å². The molecule has 1 saturated heterocycles. The second-order valence-electron chi connectivity index (χ2n) is 4.99.